The van der Waals surface area contributed by atoms with E-state index in [4.69, 9.17) is 39.5 Å². The summed E-state index contributed by atoms with van der Waals surface area (Å²) in [5.74, 6) is 0.624. The van der Waals surface area contributed by atoms with E-state index < -0.39 is 0 Å². The molecule has 0 spiro atoms. The zero-order valence-corrected chi connectivity index (χ0v) is 12.6. The molecule has 1 heterocycles. The zero-order valence-electron chi connectivity index (χ0n) is 10.4. The van der Waals surface area contributed by atoms with Gasteiger partial charge in [-0.05, 0) is 41.8 Å². The van der Waals surface area contributed by atoms with Gasteiger partial charge in [0.05, 0.1) is 29.0 Å². The number of ether oxygens (including phenoxy) is 1. The summed E-state index contributed by atoms with van der Waals surface area (Å²) in [4.78, 5) is 7.96. The molecule has 1 aromatic heterocycles. The number of aryl methyl sites for hydroxylation is 1. The molecule has 0 aliphatic heterocycles. The third-order valence-electron chi connectivity index (χ3n) is 2.76. The lowest BCUT2D eigenvalue weighted by molar-refractivity contribution is 0.414. The summed E-state index contributed by atoms with van der Waals surface area (Å²) in [6.45, 7) is 1.97. The highest BCUT2D eigenvalue weighted by atomic mass is 35.5. The molecule has 0 fully saturated rings. The molecular formula is C13H11Cl3N2O. The highest BCUT2D eigenvalue weighted by molar-refractivity contribution is 6.32. The fourth-order valence-corrected chi connectivity index (χ4v) is 2.33. The van der Waals surface area contributed by atoms with E-state index in [-0.39, 0.29) is 5.28 Å². The number of benzene rings is 1. The first-order chi connectivity index (χ1) is 9.01. The molecule has 0 saturated heterocycles. The minimum atomic E-state index is 0.179. The van der Waals surface area contributed by atoms with Gasteiger partial charge in [-0.2, -0.15) is 0 Å². The molecule has 100 valence electrons. The molecule has 6 heteroatoms. The number of hydrogen-bond donors (Lipinski definition) is 0. The highest BCUT2D eigenvalue weighted by Crippen LogP contribution is 2.29. The Kier molecular flexibility index (Phi) is 4.50. The molecule has 0 aliphatic rings. The van der Waals surface area contributed by atoms with Crippen molar-refractivity contribution in [3.63, 3.8) is 0 Å². The average molecular weight is 318 g/mol. The number of methoxy groups -OCH3 is 1. The Balaban J connectivity index is 2.40. The molecular weight excluding hydrogens is 307 g/mol. The topological polar surface area (TPSA) is 35.0 Å². The van der Waals surface area contributed by atoms with E-state index in [1.165, 1.54) is 6.20 Å². The lowest BCUT2D eigenvalue weighted by Gasteiger charge is -2.11. The molecule has 0 atom stereocenters. The molecule has 0 N–H and O–H groups in total. The largest absolute Gasteiger partial charge is 0.495 e. The Morgan fingerprint density at radius 2 is 1.89 bits per heavy atom. The second kappa shape index (κ2) is 5.95. The average Bonchev–Trinajstić information content (AvgIpc) is 2.37. The van der Waals surface area contributed by atoms with Gasteiger partial charge in [-0.1, -0.05) is 23.2 Å². The Morgan fingerprint density at radius 3 is 2.58 bits per heavy atom. The van der Waals surface area contributed by atoms with Crippen molar-refractivity contribution in [2.24, 2.45) is 0 Å². The number of halogens is 3. The Morgan fingerprint density at radius 1 is 1.16 bits per heavy atom. The van der Waals surface area contributed by atoms with Crippen LogP contribution >= 0.6 is 34.8 Å². The van der Waals surface area contributed by atoms with E-state index in [0.717, 1.165) is 11.1 Å². The van der Waals surface area contributed by atoms with Gasteiger partial charge in [-0.15, -0.1) is 0 Å². The first kappa shape index (κ1) is 14.4. The standard InChI is InChI=1S/C13H11Cl3N2O/c1-7-3-9(14)12(19-2)5-8(7)4-11-10(15)6-17-13(16)18-11/h3,5-6H,4H2,1-2H3. The van der Waals surface area contributed by atoms with Crippen LogP contribution in [0.5, 0.6) is 5.75 Å². The first-order valence-electron chi connectivity index (χ1n) is 5.51. The third kappa shape index (κ3) is 3.30. The summed E-state index contributed by atoms with van der Waals surface area (Å²) < 4.78 is 5.21. The summed E-state index contributed by atoms with van der Waals surface area (Å²) >= 11 is 17.9. The van der Waals surface area contributed by atoms with Gasteiger partial charge in [0.2, 0.25) is 5.28 Å². The minimum Gasteiger partial charge on any atom is -0.495 e. The van der Waals surface area contributed by atoms with Gasteiger partial charge in [0.25, 0.3) is 0 Å². The van der Waals surface area contributed by atoms with E-state index in [1.54, 1.807) is 7.11 Å². The van der Waals surface area contributed by atoms with Crippen molar-refractivity contribution in [3.05, 3.63) is 50.5 Å². The van der Waals surface area contributed by atoms with Crippen LogP contribution < -0.4 is 4.74 Å². The van der Waals surface area contributed by atoms with Crippen LogP contribution in [0.3, 0.4) is 0 Å². The fourth-order valence-electron chi connectivity index (χ4n) is 1.72. The Labute approximate surface area is 126 Å². The molecule has 0 unspecified atom stereocenters. The Hall–Kier alpha value is -1.03. The van der Waals surface area contributed by atoms with Gasteiger partial charge in [-0.25, -0.2) is 9.97 Å². The lowest BCUT2D eigenvalue weighted by Crippen LogP contribution is -1.99. The van der Waals surface area contributed by atoms with Crippen molar-refractivity contribution in [1.82, 2.24) is 9.97 Å². The summed E-state index contributed by atoms with van der Waals surface area (Å²) in [7, 11) is 1.58. The quantitative estimate of drug-likeness (QED) is 0.790. The van der Waals surface area contributed by atoms with E-state index in [9.17, 15) is 0 Å². The predicted molar refractivity (Wildman–Crippen MR) is 77.6 cm³/mol. The van der Waals surface area contributed by atoms with Crippen LogP contribution in [0.2, 0.25) is 15.3 Å². The molecule has 0 amide bonds. The normalized spacial score (nSPS) is 10.6. The summed E-state index contributed by atoms with van der Waals surface area (Å²) in [6.07, 6.45) is 2.04. The van der Waals surface area contributed by atoms with Crippen molar-refractivity contribution in [3.8, 4) is 5.75 Å². The van der Waals surface area contributed by atoms with Gasteiger partial charge < -0.3 is 4.74 Å². The number of rotatable bonds is 3. The molecule has 2 aromatic rings. The van der Waals surface area contributed by atoms with Gasteiger partial charge in [-0.3, -0.25) is 0 Å². The van der Waals surface area contributed by atoms with E-state index in [0.29, 0.717) is 27.9 Å². The molecule has 0 saturated carbocycles. The van der Waals surface area contributed by atoms with Crippen LogP contribution in [0.25, 0.3) is 0 Å². The fraction of sp³-hybridized carbons (Fsp3) is 0.231. The maximum atomic E-state index is 6.06. The summed E-state index contributed by atoms with van der Waals surface area (Å²) in [6, 6.07) is 3.73. The third-order valence-corrected chi connectivity index (χ3v) is 3.55. The number of aromatic nitrogens is 2. The molecule has 0 radical (unpaired) electrons. The second-order valence-electron chi connectivity index (χ2n) is 4.02. The monoisotopic (exact) mass is 316 g/mol. The van der Waals surface area contributed by atoms with Gasteiger partial charge in [0, 0.05) is 6.42 Å². The van der Waals surface area contributed by atoms with E-state index >= 15 is 0 Å². The lowest BCUT2D eigenvalue weighted by atomic mass is 10.0. The molecule has 1 aromatic carbocycles. The van der Waals surface area contributed by atoms with E-state index in [1.807, 2.05) is 19.1 Å². The molecule has 3 nitrogen and oxygen atoms in total. The second-order valence-corrected chi connectivity index (χ2v) is 5.18. The minimum absolute atomic E-state index is 0.179. The SMILES string of the molecule is COc1cc(Cc2nc(Cl)ncc2Cl)c(C)cc1Cl. The predicted octanol–water partition coefficient (Wildman–Crippen LogP) is 4.34. The smallest absolute Gasteiger partial charge is 0.222 e. The van der Waals surface area contributed by atoms with Crippen LogP contribution in [0.1, 0.15) is 16.8 Å². The van der Waals surface area contributed by atoms with Gasteiger partial charge in [0.15, 0.2) is 0 Å². The van der Waals surface area contributed by atoms with Crippen LogP contribution in [-0.4, -0.2) is 17.1 Å². The zero-order chi connectivity index (χ0) is 14.0. The first-order valence-corrected chi connectivity index (χ1v) is 6.64. The molecule has 0 aliphatic carbocycles. The van der Waals surface area contributed by atoms with Gasteiger partial charge >= 0.3 is 0 Å². The molecule has 2 rings (SSSR count). The van der Waals surface area contributed by atoms with E-state index in [2.05, 4.69) is 9.97 Å². The summed E-state index contributed by atoms with van der Waals surface area (Å²) in [5.41, 5.74) is 2.74. The van der Waals surface area contributed by atoms with Crippen molar-refractivity contribution in [2.75, 3.05) is 7.11 Å². The molecule has 0 bridgehead atoms. The van der Waals surface area contributed by atoms with Crippen LogP contribution in [-0.2, 0) is 6.42 Å². The number of hydrogen-bond acceptors (Lipinski definition) is 3. The van der Waals surface area contributed by atoms with Crippen molar-refractivity contribution >= 4 is 34.8 Å². The van der Waals surface area contributed by atoms with Crippen molar-refractivity contribution in [2.45, 2.75) is 13.3 Å². The van der Waals surface area contributed by atoms with Crippen LogP contribution in [0, 0.1) is 6.92 Å². The maximum Gasteiger partial charge on any atom is 0.222 e. The molecule has 19 heavy (non-hydrogen) atoms. The Bertz CT molecular complexity index is 617. The van der Waals surface area contributed by atoms with Crippen LogP contribution in [0.15, 0.2) is 18.3 Å². The van der Waals surface area contributed by atoms with Crippen molar-refractivity contribution in [1.29, 1.82) is 0 Å². The van der Waals surface area contributed by atoms with Crippen molar-refractivity contribution < 1.29 is 4.74 Å². The van der Waals surface area contributed by atoms with Crippen LogP contribution in [0.4, 0.5) is 0 Å². The highest BCUT2D eigenvalue weighted by Gasteiger charge is 2.11. The number of nitrogens with zero attached hydrogens (tertiary/aromatic N) is 2. The summed E-state index contributed by atoms with van der Waals surface area (Å²) in [5, 5.41) is 1.24. The maximum absolute atomic E-state index is 6.06. The van der Waals surface area contributed by atoms with Gasteiger partial charge in [0.1, 0.15) is 5.75 Å².